The van der Waals surface area contributed by atoms with Gasteiger partial charge in [0, 0.05) is 11.8 Å². The maximum atomic E-state index is 13.5. The summed E-state index contributed by atoms with van der Waals surface area (Å²) in [6, 6.07) is 8.61. The number of Topliss-reactive ketones (excluding diaryl/α,β-unsaturated/α-hetero) is 1. The van der Waals surface area contributed by atoms with E-state index in [-0.39, 0.29) is 5.69 Å². The van der Waals surface area contributed by atoms with Gasteiger partial charge < -0.3 is 4.74 Å². The molecule has 2 aromatic rings. The van der Waals surface area contributed by atoms with Gasteiger partial charge >= 0.3 is 6.18 Å². The van der Waals surface area contributed by atoms with E-state index in [1.165, 1.54) is 24.4 Å². The number of nitrogens with zero attached hydrogens (tertiary/aromatic N) is 3. The molecule has 0 unspecified atom stereocenters. The molecule has 0 saturated carbocycles. The van der Waals surface area contributed by atoms with Crippen molar-refractivity contribution >= 4 is 29.5 Å². The first kappa shape index (κ1) is 21.9. The predicted molar refractivity (Wildman–Crippen MR) is 115 cm³/mol. The average Bonchev–Trinajstić information content (AvgIpc) is 3.31. The van der Waals surface area contributed by atoms with Crippen molar-refractivity contribution in [3.05, 3.63) is 71.8 Å². The number of ketones is 1. The number of carbonyl (C=O) groups is 3. The van der Waals surface area contributed by atoms with E-state index in [9.17, 15) is 27.6 Å². The van der Waals surface area contributed by atoms with Crippen LogP contribution in [0.5, 0.6) is 5.75 Å². The lowest BCUT2D eigenvalue weighted by Gasteiger charge is -2.30. The van der Waals surface area contributed by atoms with E-state index < -0.39 is 53.3 Å². The van der Waals surface area contributed by atoms with Crippen molar-refractivity contribution in [3.8, 4) is 5.75 Å². The molecule has 7 nitrogen and oxygen atoms in total. The summed E-state index contributed by atoms with van der Waals surface area (Å²) in [6.45, 7) is 0. The molecule has 3 aliphatic heterocycles. The largest absolute Gasteiger partial charge is 0.497 e. The first-order valence-corrected chi connectivity index (χ1v) is 10.4. The lowest BCUT2D eigenvalue weighted by Crippen LogP contribution is -2.46. The van der Waals surface area contributed by atoms with Gasteiger partial charge in [-0.1, -0.05) is 12.1 Å². The SMILES string of the molecule is COc1ccc(C(=O)[C@@H]2[C@@H]3C(=O)N(c4cccc(C(F)(F)F)c4)C(=O)[C@@H]3[C@H]3C=CC=NN32)cc1. The molecule has 34 heavy (non-hydrogen) atoms. The van der Waals surface area contributed by atoms with Crippen molar-refractivity contribution in [2.45, 2.75) is 18.3 Å². The average molecular weight is 469 g/mol. The van der Waals surface area contributed by atoms with E-state index in [4.69, 9.17) is 4.74 Å². The van der Waals surface area contributed by atoms with Gasteiger partial charge in [0.25, 0.3) is 0 Å². The normalized spacial score (nSPS) is 25.5. The number of imide groups is 1. The second-order valence-electron chi connectivity index (χ2n) is 8.17. The number of hydrogen-bond acceptors (Lipinski definition) is 6. The molecule has 3 heterocycles. The van der Waals surface area contributed by atoms with Crippen molar-refractivity contribution in [2.75, 3.05) is 12.0 Å². The zero-order valence-corrected chi connectivity index (χ0v) is 17.8. The molecular formula is C24H18F3N3O4. The highest BCUT2D eigenvalue weighted by Crippen LogP contribution is 2.46. The Balaban J connectivity index is 1.55. The molecule has 0 bridgehead atoms. The van der Waals surface area contributed by atoms with Crippen molar-refractivity contribution in [1.29, 1.82) is 0 Å². The molecule has 174 valence electrons. The summed E-state index contributed by atoms with van der Waals surface area (Å²) in [5.74, 6) is -3.31. The van der Waals surface area contributed by atoms with Crippen molar-refractivity contribution in [3.63, 3.8) is 0 Å². The molecule has 2 saturated heterocycles. The molecule has 0 spiro atoms. The van der Waals surface area contributed by atoms with Gasteiger partial charge in [0.05, 0.1) is 36.2 Å². The molecule has 5 rings (SSSR count). The third-order valence-corrected chi connectivity index (χ3v) is 6.37. The Morgan fingerprint density at radius 1 is 1.03 bits per heavy atom. The van der Waals surface area contributed by atoms with Crippen LogP contribution in [-0.4, -0.2) is 48.0 Å². The number of benzene rings is 2. The third kappa shape index (κ3) is 3.28. The number of fused-ring (bicyclic) bond motifs is 3. The van der Waals surface area contributed by atoms with Crippen LogP contribution in [0.3, 0.4) is 0 Å². The Kier molecular flexibility index (Phi) is 5.03. The first-order chi connectivity index (χ1) is 16.2. The second-order valence-corrected chi connectivity index (χ2v) is 8.17. The van der Waals surface area contributed by atoms with Crippen LogP contribution in [0.15, 0.2) is 65.8 Å². The Labute approximate surface area is 192 Å². The number of halogens is 3. The number of carbonyl (C=O) groups excluding carboxylic acids is 3. The van der Waals surface area contributed by atoms with E-state index in [1.54, 1.807) is 36.4 Å². The number of amides is 2. The Bertz CT molecular complexity index is 1240. The summed E-state index contributed by atoms with van der Waals surface area (Å²) in [7, 11) is 1.49. The summed E-state index contributed by atoms with van der Waals surface area (Å²) >= 11 is 0. The van der Waals surface area contributed by atoms with Crippen LogP contribution < -0.4 is 9.64 Å². The van der Waals surface area contributed by atoms with Gasteiger partial charge in [-0.3, -0.25) is 19.4 Å². The summed E-state index contributed by atoms with van der Waals surface area (Å²) in [5, 5.41) is 5.70. The number of allylic oxidation sites excluding steroid dienone is 1. The second kappa shape index (κ2) is 7.82. The molecule has 4 atom stereocenters. The molecule has 0 aliphatic carbocycles. The minimum Gasteiger partial charge on any atom is -0.497 e. The van der Waals surface area contributed by atoms with Gasteiger partial charge in [-0.2, -0.15) is 18.3 Å². The number of rotatable bonds is 4. The number of alkyl halides is 3. The number of hydrogen-bond donors (Lipinski definition) is 0. The van der Waals surface area contributed by atoms with Crippen LogP contribution in [0.25, 0.3) is 0 Å². The highest BCUT2D eigenvalue weighted by Gasteiger charge is 2.64. The van der Waals surface area contributed by atoms with Crippen LogP contribution in [0.1, 0.15) is 15.9 Å². The molecule has 2 aromatic carbocycles. The Morgan fingerprint density at radius 3 is 2.41 bits per heavy atom. The number of methoxy groups -OCH3 is 1. The van der Waals surface area contributed by atoms with Crippen molar-refractivity contribution < 1.29 is 32.3 Å². The van der Waals surface area contributed by atoms with E-state index >= 15 is 0 Å². The van der Waals surface area contributed by atoms with Gasteiger partial charge in [0.1, 0.15) is 11.8 Å². The van der Waals surface area contributed by atoms with Crippen LogP contribution >= 0.6 is 0 Å². The van der Waals surface area contributed by atoms with Crippen molar-refractivity contribution in [2.24, 2.45) is 16.9 Å². The monoisotopic (exact) mass is 469 g/mol. The van der Waals surface area contributed by atoms with E-state index in [0.717, 1.165) is 23.1 Å². The van der Waals surface area contributed by atoms with Crippen LogP contribution in [0, 0.1) is 11.8 Å². The fourth-order valence-electron chi connectivity index (χ4n) is 4.84. The molecule has 0 aromatic heterocycles. The number of ether oxygens (including phenoxy) is 1. The molecular weight excluding hydrogens is 451 g/mol. The minimum atomic E-state index is -4.64. The molecule has 2 fully saturated rings. The lowest BCUT2D eigenvalue weighted by molar-refractivity contribution is -0.137. The summed E-state index contributed by atoms with van der Waals surface area (Å²) in [4.78, 5) is 41.2. The fourth-order valence-corrected chi connectivity index (χ4v) is 4.84. The standard InChI is InChI=1S/C24H18F3N3O4/c1-34-16-9-7-13(8-10-16)21(31)20-19-18(17-6-3-11-28-30(17)20)22(32)29(23(19)33)15-5-2-4-14(12-15)24(25,26)27/h2-12,17-20H,1H3/t17-,18-,19-,20+/m1/s1. The summed E-state index contributed by atoms with van der Waals surface area (Å²) < 4.78 is 44.8. The van der Waals surface area contributed by atoms with Crippen LogP contribution in [-0.2, 0) is 15.8 Å². The van der Waals surface area contributed by atoms with Gasteiger partial charge in [-0.25, -0.2) is 4.90 Å². The predicted octanol–water partition coefficient (Wildman–Crippen LogP) is 3.31. The Hall–Kier alpha value is -3.95. The molecule has 2 amide bonds. The summed E-state index contributed by atoms with van der Waals surface area (Å²) in [5.41, 5.74) is -0.852. The summed E-state index contributed by atoms with van der Waals surface area (Å²) in [6.07, 6.45) is 0.115. The zero-order chi connectivity index (χ0) is 24.2. The lowest BCUT2D eigenvalue weighted by atomic mass is 9.86. The molecule has 10 heteroatoms. The molecule has 0 N–H and O–H groups in total. The quantitative estimate of drug-likeness (QED) is 0.507. The van der Waals surface area contributed by atoms with E-state index in [0.29, 0.717) is 11.3 Å². The maximum Gasteiger partial charge on any atom is 0.416 e. The van der Waals surface area contributed by atoms with Gasteiger partial charge in [-0.05, 0) is 48.5 Å². The third-order valence-electron chi connectivity index (χ3n) is 6.37. The number of anilines is 1. The van der Waals surface area contributed by atoms with Gasteiger partial charge in [-0.15, -0.1) is 0 Å². The highest BCUT2D eigenvalue weighted by molar-refractivity contribution is 6.24. The maximum absolute atomic E-state index is 13.5. The molecule has 3 aliphatic rings. The number of hydrazone groups is 1. The topological polar surface area (TPSA) is 79.3 Å². The Morgan fingerprint density at radius 2 is 1.74 bits per heavy atom. The van der Waals surface area contributed by atoms with E-state index in [2.05, 4.69) is 5.10 Å². The van der Waals surface area contributed by atoms with Gasteiger partial charge in [0.15, 0.2) is 5.78 Å². The zero-order valence-electron chi connectivity index (χ0n) is 17.8. The van der Waals surface area contributed by atoms with Crippen molar-refractivity contribution in [1.82, 2.24) is 5.01 Å². The first-order valence-electron chi connectivity index (χ1n) is 10.4. The minimum absolute atomic E-state index is 0.176. The molecule has 0 radical (unpaired) electrons. The smallest absolute Gasteiger partial charge is 0.416 e. The van der Waals surface area contributed by atoms with Crippen LogP contribution in [0.4, 0.5) is 18.9 Å². The van der Waals surface area contributed by atoms with Gasteiger partial charge in [0.2, 0.25) is 11.8 Å². The van der Waals surface area contributed by atoms with Crippen LogP contribution in [0.2, 0.25) is 0 Å². The fraction of sp³-hybridized carbons (Fsp3) is 0.250. The highest BCUT2D eigenvalue weighted by atomic mass is 19.4. The van der Waals surface area contributed by atoms with E-state index in [1.807, 2.05) is 0 Å².